The molecule has 2 aromatic heterocycles. The first-order valence-electron chi connectivity index (χ1n) is 15.3. The van der Waals surface area contributed by atoms with E-state index in [2.05, 4.69) is 35.8 Å². The Balaban J connectivity index is 0.937. The van der Waals surface area contributed by atoms with Crippen molar-refractivity contribution in [3.8, 4) is 16.9 Å². The summed E-state index contributed by atoms with van der Waals surface area (Å²) in [5, 5.41) is 18.3. The van der Waals surface area contributed by atoms with E-state index < -0.39 is 15.9 Å². The van der Waals surface area contributed by atoms with Gasteiger partial charge in [0.25, 0.3) is 5.91 Å². The van der Waals surface area contributed by atoms with E-state index in [1.165, 1.54) is 25.5 Å². The topological polar surface area (TPSA) is 129 Å². The van der Waals surface area contributed by atoms with E-state index in [-0.39, 0.29) is 22.6 Å². The van der Waals surface area contributed by atoms with Crippen LogP contribution >= 0.6 is 0 Å². The zero-order valence-electron chi connectivity index (χ0n) is 24.2. The largest absolute Gasteiger partial charge is 0.506 e. The molecule has 0 spiro atoms. The highest BCUT2D eigenvalue weighted by Gasteiger charge is 2.52. The summed E-state index contributed by atoms with van der Waals surface area (Å²) in [4.78, 5) is 21.5. The molecule has 11 heteroatoms. The van der Waals surface area contributed by atoms with Gasteiger partial charge in [-0.05, 0) is 91.0 Å². The van der Waals surface area contributed by atoms with Gasteiger partial charge in [-0.2, -0.15) is 0 Å². The van der Waals surface area contributed by atoms with Crippen LogP contribution in [0.3, 0.4) is 0 Å². The van der Waals surface area contributed by atoms with Gasteiger partial charge < -0.3 is 10.0 Å². The molecule has 4 bridgehead atoms. The summed E-state index contributed by atoms with van der Waals surface area (Å²) >= 11 is 0. The van der Waals surface area contributed by atoms with Crippen molar-refractivity contribution in [3.63, 3.8) is 0 Å². The summed E-state index contributed by atoms with van der Waals surface area (Å²) < 4.78 is 28.5. The molecule has 1 aliphatic heterocycles. The first-order valence-corrected chi connectivity index (χ1v) is 17.0. The van der Waals surface area contributed by atoms with Crippen LogP contribution in [0.25, 0.3) is 11.1 Å². The number of piperazine rings is 1. The molecule has 226 valence electrons. The highest BCUT2D eigenvalue weighted by atomic mass is 32.2. The fourth-order valence-electron chi connectivity index (χ4n) is 8.61. The van der Waals surface area contributed by atoms with Crippen LogP contribution in [0.2, 0.25) is 0 Å². The van der Waals surface area contributed by atoms with Crippen LogP contribution in [0.1, 0.15) is 54.6 Å². The normalized spacial score (nSPS) is 26.9. The van der Waals surface area contributed by atoms with E-state index in [4.69, 9.17) is 0 Å². The maximum atomic E-state index is 13.1. The van der Waals surface area contributed by atoms with E-state index in [1.54, 1.807) is 24.4 Å². The Labute approximate surface area is 252 Å². The molecule has 3 heterocycles. The molecular formula is C32H38N6O4S. The van der Waals surface area contributed by atoms with Gasteiger partial charge in [-0.25, -0.2) is 13.1 Å². The number of benzene rings is 1. The maximum absolute atomic E-state index is 13.1. The summed E-state index contributed by atoms with van der Waals surface area (Å²) in [6.07, 6.45) is 9.83. The van der Waals surface area contributed by atoms with Crippen molar-refractivity contribution in [3.05, 3.63) is 66.1 Å². The number of aromatic nitrogens is 3. The Morgan fingerprint density at radius 2 is 1.63 bits per heavy atom. The summed E-state index contributed by atoms with van der Waals surface area (Å²) in [7, 11) is -3.78. The summed E-state index contributed by atoms with van der Waals surface area (Å²) in [5.41, 5.74) is 2.93. The maximum Gasteiger partial charge on any atom is 0.285 e. The summed E-state index contributed by atoms with van der Waals surface area (Å²) in [6, 6.07) is 13.2. The first-order chi connectivity index (χ1) is 20.7. The molecule has 10 nitrogen and oxygen atoms in total. The Hall–Kier alpha value is -3.57. The van der Waals surface area contributed by atoms with Crippen LogP contribution in [0, 0.1) is 23.2 Å². The van der Waals surface area contributed by atoms with Gasteiger partial charge >= 0.3 is 0 Å². The quantitative estimate of drug-likeness (QED) is 0.395. The molecule has 0 unspecified atom stereocenters. The van der Waals surface area contributed by atoms with E-state index in [0.29, 0.717) is 23.6 Å². The molecule has 5 aliphatic rings. The minimum atomic E-state index is -3.78. The third-order valence-electron chi connectivity index (χ3n) is 9.93. The van der Waals surface area contributed by atoms with Crippen molar-refractivity contribution in [2.75, 3.05) is 36.8 Å². The number of anilines is 1. The van der Waals surface area contributed by atoms with Crippen LogP contribution in [-0.2, 0) is 16.6 Å². The Morgan fingerprint density at radius 3 is 2.28 bits per heavy atom. The van der Waals surface area contributed by atoms with Crippen molar-refractivity contribution in [2.45, 2.75) is 45.1 Å². The predicted octanol–water partition coefficient (Wildman–Crippen LogP) is 3.84. The second-order valence-corrected chi connectivity index (χ2v) is 15.0. The van der Waals surface area contributed by atoms with E-state index in [0.717, 1.165) is 68.7 Å². The molecule has 0 atom stereocenters. The van der Waals surface area contributed by atoms with Gasteiger partial charge in [0, 0.05) is 44.5 Å². The zero-order chi connectivity index (χ0) is 29.6. The molecule has 1 amide bonds. The molecule has 1 saturated heterocycles. The third-order valence-corrected chi connectivity index (χ3v) is 11.4. The van der Waals surface area contributed by atoms with Crippen molar-refractivity contribution < 1.29 is 18.3 Å². The second kappa shape index (κ2) is 11.2. The SMILES string of the molecule is O=C(NS(=O)(=O)CC12CC3CC(CC(C3)C1)C2)c1ccc(N2CCN(Cc3ccccc3-c3cncc(O)c3)CC2)nn1. The van der Waals surface area contributed by atoms with Crippen molar-refractivity contribution in [1.82, 2.24) is 24.8 Å². The molecular weight excluding hydrogens is 564 g/mol. The number of aromatic hydroxyl groups is 1. The van der Waals surface area contributed by atoms with Gasteiger partial charge in [0.15, 0.2) is 11.5 Å². The monoisotopic (exact) mass is 602 g/mol. The number of amides is 1. The highest BCUT2D eigenvalue weighted by molar-refractivity contribution is 7.90. The average Bonchev–Trinajstić information content (AvgIpc) is 2.96. The molecule has 5 fully saturated rings. The number of carbonyl (C=O) groups excluding carboxylic acids is 1. The van der Waals surface area contributed by atoms with Crippen LogP contribution < -0.4 is 9.62 Å². The molecule has 4 saturated carbocycles. The smallest absolute Gasteiger partial charge is 0.285 e. The van der Waals surface area contributed by atoms with Crippen molar-refractivity contribution in [2.24, 2.45) is 23.2 Å². The lowest BCUT2D eigenvalue weighted by molar-refractivity contribution is -0.0391. The number of rotatable bonds is 8. The van der Waals surface area contributed by atoms with Crippen LogP contribution in [0.5, 0.6) is 5.75 Å². The molecule has 43 heavy (non-hydrogen) atoms. The van der Waals surface area contributed by atoms with Gasteiger partial charge in [-0.3, -0.25) is 14.7 Å². The number of nitrogens with one attached hydrogen (secondary N) is 1. The van der Waals surface area contributed by atoms with E-state index >= 15 is 0 Å². The number of pyridine rings is 1. The Morgan fingerprint density at radius 1 is 0.930 bits per heavy atom. The molecule has 2 N–H and O–H groups in total. The minimum absolute atomic E-state index is 0.00881. The zero-order valence-corrected chi connectivity index (χ0v) is 25.0. The summed E-state index contributed by atoms with van der Waals surface area (Å²) in [6.45, 7) is 3.89. The van der Waals surface area contributed by atoms with Gasteiger partial charge in [-0.15, -0.1) is 10.2 Å². The van der Waals surface area contributed by atoms with Crippen molar-refractivity contribution in [1.29, 1.82) is 0 Å². The highest BCUT2D eigenvalue weighted by Crippen LogP contribution is 2.60. The van der Waals surface area contributed by atoms with Gasteiger partial charge in [0.05, 0.1) is 11.9 Å². The standard InChI is InChI=1S/C32H38N6O4S/c39-27-14-26(18-33-19-27)28-4-2-1-3-25(28)20-37-7-9-38(10-8-37)30-6-5-29(34-35-30)31(40)36-43(41,42)21-32-15-22-11-23(16-32)13-24(12-22)17-32/h1-6,14,18-19,22-24,39H,7-13,15-17,20-21H2,(H,36,40). The predicted molar refractivity (Wildman–Crippen MR) is 163 cm³/mol. The second-order valence-electron chi connectivity index (χ2n) is 13.2. The number of sulfonamides is 1. The lowest BCUT2D eigenvalue weighted by Crippen LogP contribution is -2.51. The van der Waals surface area contributed by atoms with Gasteiger partial charge in [-0.1, -0.05) is 24.3 Å². The summed E-state index contributed by atoms with van der Waals surface area (Å²) in [5.74, 6) is 2.07. The van der Waals surface area contributed by atoms with Crippen LogP contribution in [0.4, 0.5) is 5.82 Å². The number of carbonyl (C=O) groups is 1. The van der Waals surface area contributed by atoms with E-state index in [1.807, 2.05) is 18.2 Å². The van der Waals surface area contributed by atoms with Crippen LogP contribution in [0.15, 0.2) is 54.9 Å². The molecule has 0 radical (unpaired) electrons. The van der Waals surface area contributed by atoms with Crippen molar-refractivity contribution >= 4 is 21.7 Å². The third kappa shape index (κ3) is 6.10. The van der Waals surface area contributed by atoms with E-state index in [9.17, 15) is 18.3 Å². The molecule has 8 rings (SSSR count). The number of hydrogen-bond acceptors (Lipinski definition) is 9. The fourth-order valence-corrected chi connectivity index (χ4v) is 10.2. The average molecular weight is 603 g/mol. The molecule has 3 aromatic rings. The first kappa shape index (κ1) is 28.2. The lowest BCUT2D eigenvalue weighted by atomic mass is 9.50. The van der Waals surface area contributed by atoms with Gasteiger partial charge in [0.1, 0.15) is 5.75 Å². The Bertz CT molecular complexity index is 1570. The van der Waals surface area contributed by atoms with Gasteiger partial charge in [0.2, 0.25) is 10.0 Å². The minimum Gasteiger partial charge on any atom is -0.506 e. The number of nitrogens with zero attached hydrogens (tertiary/aromatic N) is 5. The fraction of sp³-hybridized carbons (Fsp3) is 0.500. The Kier molecular flexibility index (Phi) is 7.33. The number of hydrogen-bond donors (Lipinski definition) is 2. The van der Waals surface area contributed by atoms with Crippen LogP contribution in [-0.4, -0.2) is 71.4 Å². The molecule has 4 aliphatic carbocycles. The lowest BCUT2D eigenvalue weighted by Gasteiger charge is -2.56. The molecule has 1 aromatic carbocycles.